The molecule has 3 heterocycles. The van der Waals surface area contributed by atoms with Gasteiger partial charge in [0.2, 0.25) is 10.0 Å². The Hall–Kier alpha value is -4.08. The van der Waals surface area contributed by atoms with E-state index in [-0.39, 0.29) is 5.69 Å². The number of carboxylic acid groups (broad SMARTS) is 1. The molecule has 218 valence electrons. The van der Waals surface area contributed by atoms with Crippen molar-refractivity contribution >= 4 is 38.7 Å². The van der Waals surface area contributed by atoms with Crippen LogP contribution in [0.5, 0.6) is 0 Å². The van der Waals surface area contributed by atoms with Gasteiger partial charge < -0.3 is 9.67 Å². The lowest BCUT2D eigenvalue weighted by molar-refractivity contribution is 0.0691. The third-order valence-electron chi connectivity index (χ3n) is 7.21. The van der Waals surface area contributed by atoms with Crippen molar-refractivity contribution in [3.63, 3.8) is 0 Å². The molecule has 1 saturated carbocycles. The van der Waals surface area contributed by atoms with Gasteiger partial charge in [0.15, 0.2) is 5.69 Å². The van der Waals surface area contributed by atoms with Crippen LogP contribution in [0.2, 0.25) is 0 Å². The Morgan fingerprint density at radius 2 is 1.95 bits per heavy atom. The topological polar surface area (TPSA) is 115 Å². The first-order chi connectivity index (χ1) is 20.5. The number of rotatable bonds is 8. The Morgan fingerprint density at radius 1 is 1.14 bits per heavy atom. The molecule has 2 aromatic carbocycles. The lowest BCUT2D eigenvalue weighted by Crippen LogP contribution is -2.14. The maximum absolute atomic E-state index is 14.9. The molecule has 1 aliphatic carbocycles. The Balaban J connectivity index is 1.49. The monoisotopic (exact) mass is 631 g/mol. The van der Waals surface area contributed by atoms with E-state index in [0.717, 1.165) is 45.8 Å². The lowest BCUT2D eigenvalue weighted by atomic mass is 9.99. The highest BCUT2D eigenvalue weighted by Gasteiger charge is 2.28. The number of thiazole rings is 1. The number of aromatic nitrogens is 2. The van der Waals surface area contributed by atoms with E-state index in [9.17, 15) is 22.7 Å². The van der Waals surface area contributed by atoms with Gasteiger partial charge in [-0.3, -0.25) is 0 Å². The van der Waals surface area contributed by atoms with Crippen molar-refractivity contribution in [3.05, 3.63) is 104 Å². The molecule has 11 heteroatoms. The molecule has 3 N–H and O–H groups in total. The number of carbonyl (C=O) groups is 1. The first-order valence-electron chi connectivity index (χ1n) is 13.5. The summed E-state index contributed by atoms with van der Waals surface area (Å²) in [6.07, 6.45) is 2.45. The van der Waals surface area contributed by atoms with E-state index in [1.807, 2.05) is 49.4 Å². The van der Waals surface area contributed by atoms with Crippen LogP contribution in [0.4, 0.5) is 4.39 Å². The standard InChI is InChI=1S/C32H26FN3O4S3/c1-19-5-10-24(42-19)11-8-20-3-2-4-23(13-20)25-16-29(31-35-27(18-41-31)32(37)38)36(17-21-6-7-21)28(25)15-22-9-12-30(26(33)14-22)43(34,39)40/h2-5,9-10,12-14,16,18,21H,6-7,15,17H2,1H3,(H,37,38)(H2,34,39,40). The Labute approximate surface area is 256 Å². The van der Waals surface area contributed by atoms with E-state index < -0.39 is 26.7 Å². The van der Waals surface area contributed by atoms with Gasteiger partial charge in [-0.05, 0) is 79.3 Å². The Morgan fingerprint density at radius 3 is 2.60 bits per heavy atom. The van der Waals surface area contributed by atoms with E-state index in [4.69, 9.17) is 5.14 Å². The summed E-state index contributed by atoms with van der Waals surface area (Å²) in [7, 11) is -4.20. The number of nitrogens with two attached hydrogens (primary N) is 1. The largest absolute Gasteiger partial charge is 0.476 e. The van der Waals surface area contributed by atoms with Crippen molar-refractivity contribution in [1.29, 1.82) is 0 Å². The average Bonchev–Trinajstić information content (AvgIpc) is 3.30. The van der Waals surface area contributed by atoms with E-state index in [0.29, 0.717) is 29.5 Å². The molecule has 0 radical (unpaired) electrons. The van der Waals surface area contributed by atoms with Crippen molar-refractivity contribution < 1.29 is 22.7 Å². The van der Waals surface area contributed by atoms with E-state index in [1.165, 1.54) is 33.7 Å². The van der Waals surface area contributed by atoms with Gasteiger partial charge in [0.25, 0.3) is 0 Å². The molecule has 0 aliphatic heterocycles. The number of primary sulfonamides is 1. The molecule has 0 saturated heterocycles. The fourth-order valence-electron chi connectivity index (χ4n) is 4.94. The smallest absolute Gasteiger partial charge is 0.355 e. The van der Waals surface area contributed by atoms with Crippen molar-refractivity contribution in [3.8, 4) is 33.7 Å². The minimum atomic E-state index is -4.20. The van der Waals surface area contributed by atoms with Gasteiger partial charge in [0, 0.05) is 40.0 Å². The second kappa shape index (κ2) is 11.5. The van der Waals surface area contributed by atoms with Crippen molar-refractivity contribution in [2.75, 3.05) is 0 Å². The summed E-state index contributed by atoms with van der Waals surface area (Å²) in [5.74, 6) is 4.94. The molecule has 0 spiro atoms. The summed E-state index contributed by atoms with van der Waals surface area (Å²) in [6, 6.07) is 17.9. The zero-order valence-corrected chi connectivity index (χ0v) is 25.5. The van der Waals surface area contributed by atoms with Gasteiger partial charge >= 0.3 is 5.97 Å². The normalized spacial score (nSPS) is 13.1. The number of hydrogen-bond acceptors (Lipinski definition) is 6. The number of sulfonamides is 1. The molecule has 5 aromatic rings. The minimum absolute atomic E-state index is 0.0241. The highest BCUT2D eigenvalue weighted by molar-refractivity contribution is 7.89. The summed E-state index contributed by atoms with van der Waals surface area (Å²) in [6.45, 7) is 2.74. The average molecular weight is 632 g/mol. The van der Waals surface area contributed by atoms with Crippen LogP contribution in [0.1, 0.15) is 49.9 Å². The maximum Gasteiger partial charge on any atom is 0.355 e. The summed E-state index contributed by atoms with van der Waals surface area (Å²) >= 11 is 2.89. The molecule has 1 aliphatic rings. The molecule has 6 rings (SSSR count). The molecule has 0 unspecified atom stereocenters. The van der Waals surface area contributed by atoms with E-state index in [1.54, 1.807) is 17.4 Å². The molecular formula is C32H26FN3O4S3. The van der Waals surface area contributed by atoms with Crippen LogP contribution in [-0.2, 0) is 23.0 Å². The number of carboxylic acids is 1. The Bertz CT molecular complexity index is 2040. The highest BCUT2D eigenvalue weighted by atomic mass is 32.2. The van der Waals surface area contributed by atoms with Crippen LogP contribution in [0.15, 0.2) is 70.9 Å². The van der Waals surface area contributed by atoms with E-state index >= 15 is 0 Å². The molecular weight excluding hydrogens is 606 g/mol. The second-order valence-corrected chi connectivity index (χ2v) is 14.2. The van der Waals surface area contributed by atoms with Crippen LogP contribution < -0.4 is 5.14 Å². The van der Waals surface area contributed by atoms with Gasteiger partial charge in [0.1, 0.15) is 15.7 Å². The van der Waals surface area contributed by atoms with Crippen molar-refractivity contribution in [2.24, 2.45) is 11.1 Å². The summed E-state index contributed by atoms with van der Waals surface area (Å²) in [4.78, 5) is 17.6. The Kier molecular flexibility index (Phi) is 7.79. The second-order valence-electron chi connectivity index (χ2n) is 10.5. The molecule has 7 nitrogen and oxygen atoms in total. The predicted octanol–water partition coefficient (Wildman–Crippen LogP) is 6.53. The number of benzene rings is 2. The SMILES string of the molecule is Cc1ccc(C#Cc2cccc(-c3cc(-c4nc(C(=O)O)cs4)n(CC4CC4)c3Cc3ccc(S(N)(=O)=O)c(F)c3)c2)s1. The summed E-state index contributed by atoms with van der Waals surface area (Å²) in [5.41, 5.74) is 4.83. The molecule has 43 heavy (non-hydrogen) atoms. The fraction of sp³-hybridized carbons (Fsp3) is 0.188. The number of aromatic carboxylic acids is 1. The molecule has 0 amide bonds. The van der Waals surface area contributed by atoms with Crippen molar-refractivity contribution in [1.82, 2.24) is 9.55 Å². The van der Waals surface area contributed by atoms with Crippen LogP contribution in [0.25, 0.3) is 21.8 Å². The quantitative estimate of drug-likeness (QED) is 0.189. The third kappa shape index (κ3) is 6.48. The molecule has 3 aromatic heterocycles. The third-order valence-corrected chi connectivity index (χ3v) is 9.93. The van der Waals surface area contributed by atoms with Gasteiger partial charge in [-0.15, -0.1) is 22.7 Å². The summed E-state index contributed by atoms with van der Waals surface area (Å²) in [5, 5.41) is 16.8. The first kappa shape index (κ1) is 29.0. The van der Waals surface area contributed by atoms with Gasteiger partial charge in [0.05, 0.1) is 10.6 Å². The van der Waals surface area contributed by atoms with Gasteiger partial charge in [-0.1, -0.05) is 30.0 Å². The van der Waals surface area contributed by atoms with Crippen LogP contribution in [-0.4, -0.2) is 29.0 Å². The van der Waals surface area contributed by atoms with Crippen LogP contribution >= 0.6 is 22.7 Å². The molecule has 0 atom stereocenters. The van der Waals surface area contributed by atoms with Crippen LogP contribution in [0.3, 0.4) is 0 Å². The highest BCUT2D eigenvalue weighted by Crippen LogP contribution is 2.40. The molecule has 1 fully saturated rings. The predicted molar refractivity (Wildman–Crippen MR) is 166 cm³/mol. The zero-order valence-electron chi connectivity index (χ0n) is 23.0. The number of hydrogen-bond donors (Lipinski definition) is 2. The van der Waals surface area contributed by atoms with Crippen molar-refractivity contribution in [2.45, 2.75) is 37.6 Å². The lowest BCUT2D eigenvalue weighted by Gasteiger charge is -2.15. The van der Waals surface area contributed by atoms with E-state index in [2.05, 4.69) is 21.4 Å². The molecule has 0 bridgehead atoms. The number of nitrogens with zero attached hydrogens (tertiary/aromatic N) is 2. The minimum Gasteiger partial charge on any atom is -0.476 e. The first-order valence-corrected chi connectivity index (χ1v) is 16.7. The van der Waals surface area contributed by atoms with Crippen LogP contribution in [0, 0.1) is 30.5 Å². The van der Waals surface area contributed by atoms with Gasteiger partial charge in [-0.25, -0.2) is 27.7 Å². The maximum atomic E-state index is 14.9. The van der Waals surface area contributed by atoms with Gasteiger partial charge in [-0.2, -0.15) is 0 Å². The number of aryl methyl sites for hydroxylation is 1. The number of thiophene rings is 1. The number of halogens is 1. The fourth-order valence-corrected chi connectivity index (χ4v) is 7.07. The zero-order chi connectivity index (χ0) is 30.3. The summed E-state index contributed by atoms with van der Waals surface area (Å²) < 4.78 is 40.6.